The molecule has 0 aromatic heterocycles. The molecule has 0 fully saturated rings. The average molecular weight is 409 g/mol. The Labute approximate surface area is 156 Å². The van der Waals surface area contributed by atoms with Crippen molar-refractivity contribution >= 4 is 36.8 Å². The topological polar surface area (TPSA) is 71.1 Å². The first kappa shape index (κ1) is 28.8. The van der Waals surface area contributed by atoms with Crippen molar-refractivity contribution in [2.75, 3.05) is 7.11 Å². The normalized spacial score (nSPS) is 11.0. The van der Waals surface area contributed by atoms with Crippen molar-refractivity contribution in [2.24, 2.45) is 0 Å². The van der Waals surface area contributed by atoms with E-state index >= 15 is 0 Å². The van der Waals surface area contributed by atoms with Gasteiger partial charge in [-0.1, -0.05) is 27.0 Å². The Kier molecular flexibility index (Phi) is 15.2. The first-order chi connectivity index (χ1) is 11.2. The van der Waals surface area contributed by atoms with Crippen LogP contribution in [0.3, 0.4) is 0 Å². The number of carbonyl (C=O) groups excluding carboxylic acids is 2. The highest BCUT2D eigenvalue weighted by molar-refractivity contribution is 7.05. The molecule has 0 N–H and O–H groups in total. The maximum atomic E-state index is 11.7. The summed E-state index contributed by atoms with van der Waals surface area (Å²) in [6, 6.07) is 0. The number of hydrogen-bond acceptors (Lipinski definition) is 6. The number of allylic oxidation sites excluding steroid dienone is 1. The van der Waals surface area contributed by atoms with Crippen molar-refractivity contribution < 1.29 is 27.3 Å². The molecule has 0 heterocycles. The number of hydrogen-bond donors (Lipinski definition) is 0. The molecule has 0 aromatic carbocycles. The number of methoxy groups -OCH3 is 1. The largest absolute Gasteiger partial charge is 0.512 e. The highest BCUT2D eigenvalue weighted by atomic mass is 28.5. The summed E-state index contributed by atoms with van der Waals surface area (Å²) in [5, 5.41) is 0.0345. The van der Waals surface area contributed by atoms with Crippen LogP contribution >= 0.6 is 0 Å². The molecule has 0 saturated heterocycles. The third kappa shape index (κ3) is 17.6. The summed E-state index contributed by atoms with van der Waals surface area (Å²) in [6.45, 7) is 24.9. The van der Waals surface area contributed by atoms with Gasteiger partial charge in [0.2, 0.25) is 0 Å². The van der Waals surface area contributed by atoms with Crippen LogP contribution in [0.15, 0.2) is 25.5 Å². The first-order valence-electron chi connectivity index (χ1n) is 8.13. The van der Waals surface area contributed by atoms with Crippen molar-refractivity contribution in [1.82, 2.24) is 0 Å². The number of rotatable bonds is 7. The lowest BCUT2D eigenvalue weighted by atomic mass is 10.7. The first-order valence-corrected chi connectivity index (χ1v) is 17.3. The van der Waals surface area contributed by atoms with E-state index < -0.39 is 31.4 Å². The van der Waals surface area contributed by atoms with Crippen molar-refractivity contribution in [3.63, 3.8) is 0 Å². The van der Waals surface area contributed by atoms with Crippen LogP contribution in [0.2, 0.25) is 45.8 Å². The number of carbonyl (C=O) groups is 2. The molecular weight excluding hydrogens is 372 g/mol. The average Bonchev–Trinajstić information content (AvgIpc) is 2.45. The van der Waals surface area contributed by atoms with E-state index in [4.69, 9.17) is 8.23 Å². The highest BCUT2D eigenvalue weighted by Gasteiger charge is 2.41. The van der Waals surface area contributed by atoms with Crippen LogP contribution in [0.5, 0.6) is 0 Å². The van der Waals surface area contributed by atoms with Gasteiger partial charge < -0.3 is 17.7 Å². The van der Waals surface area contributed by atoms with Gasteiger partial charge in [-0.05, 0) is 51.9 Å². The van der Waals surface area contributed by atoms with E-state index in [1.165, 1.54) is 13.2 Å². The van der Waals surface area contributed by atoms with E-state index in [1.54, 1.807) is 0 Å². The Hall–Kier alpha value is -1.01. The van der Waals surface area contributed by atoms with E-state index in [9.17, 15) is 9.59 Å². The summed E-state index contributed by atoms with van der Waals surface area (Å²) in [5.41, 5.74) is 0. The van der Waals surface area contributed by atoms with Crippen LogP contribution in [0, 0.1) is 0 Å². The Morgan fingerprint density at radius 1 is 0.880 bits per heavy atom. The molecule has 0 aliphatic rings. The van der Waals surface area contributed by atoms with Gasteiger partial charge in [0.15, 0.2) is 13.7 Å². The Bertz CT molecular complexity index is 428. The Balaban J connectivity index is -0.000000450. The summed E-state index contributed by atoms with van der Waals surface area (Å²) in [4.78, 5) is 21.6. The van der Waals surface area contributed by atoms with Gasteiger partial charge in [-0.25, -0.2) is 4.79 Å². The summed E-state index contributed by atoms with van der Waals surface area (Å²) < 4.78 is 20.2. The molecule has 0 aliphatic heterocycles. The van der Waals surface area contributed by atoms with E-state index in [2.05, 4.69) is 42.3 Å². The second-order valence-corrected chi connectivity index (χ2v) is 18.7. The predicted octanol–water partition coefficient (Wildman–Crippen LogP) is 4.99. The Morgan fingerprint density at radius 2 is 1.32 bits per heavy atom. The molecule has 0 saturated carbocycles. The predicted molar refractivity (Wildman–Crippen MR) is 111 cm³/mol. The lowest BCUT2D eigenvalue weighted by Gasteiger charge is -2.36. The van der Waals surface area contributed by atoms with Gasteiger partial charge in [0.05, 0.1) is 13.4 Å². The molecule has 148 valence electrons. The van der Waals surface area contributed by atoms with Crippen molar-refractivity contribution in [2.45, 2.75) is 59.7 Å². The van der Waals surface area contributed by atoms with E-state index in [1.807, 2.05) is 40.0 Å². The standard InChI is InChI=1S/C10H24O3Si3.C4H6O3.C2H6/c1-9-10(11)15(5,6)13-16(7,8)12-14(2,3)4;1-3-7-4(5)6-2;1-2/h9H,1H2,2-8H3;3H,1H2,2H3;1-2H3. The maximum absolute atomic E-state index is 11.7. The third-order valence-corrected chi connectivity index (χ3v) is 12.0. The molecule has 25 heavy (non-hydrogen) atoms. The van der Waals surface area contributed by atoms with Gasteiger partial charge >= 0.3 is 14.7 Å². The fourth-order valence-electron chi connectivity index (χ4n) is 1.78. The van der Waals surface area contributed by atoms with Crippen LogP contribution in [-0.2, 0) is 22.5 Å². The molecule has 0 amide bonds. The minimum atomic E-state index is -2.34. The summed E-state index contributed by atoms with van der Waals surface area (Å²) >= 11 is 0. The van der Waals surface area contributed by atoms with Crippen molar-refractivity contribution in [3.8, 4) is 0 Å². The van der Waals surface area contributed by atoms with Gasteiger partial charge in [-0.15, -0.1) is 0 Å². The molecule has 0 bridgehead atoms. The number of ether oxygens (including phenoxy) is 2. The van der Waals surface area contributed by atoms with Crippen LogP contribution in [-0.4, -0.2) is 43.9 Å². The molecule has 0 aromatic rings. The molecule has 9 heteroatoms. The van der Waals surface area contributed by atoms with Gasteiger partial charge in [-0.2, -0.15) is 0 Å². The van der Waals surface area contributed by atoms with Gasteiger partial charge in [0, 0.05) is 0 Å². The molecular formula is C16H36O6Si3. The lowest BCUT2D eigenvalue weighted by Crippen LogP contribution is -2.54. The van der Waals surface area contributed by atoms with E-state index in [-0.39, 0.29) is 5.41 Å². The summed E-state index contributed by atoms with van der Waals surface area (Å²) in [5.74, 6) is 0. The smallest absolute Gasteiger partial charge is 0.437 e. The van der Waals surface area contributed by atoms with E-state index in [0.717, 1.165) is 6.26 Å². The minimum Gasteiger partial charge on any atom is -0.437 e. The van der Waals surface area contributed by atoms with Crippen LogP contribution in [0.25, 0.3) is 0 Å². The molecule has 0 unspecified atom stereocenters. The second-order valence-electron chi connectivity index (χ2n) is 6.53. The molecule has 0 radical (unpaired) electrons. The van der Waals surface area contributed by atoms with Gasteiger partial charge in [-0.3, -0.25) is 4.79 Å². The summed E-state index contributed by atoms with van der Waals surface area (Å²) in [7, 11) is -4.93. The third-order valence-electron chi connectivity index (χ3n) is 2.18. The van der Waals surface area contributed by atoms with Crippen LogP contribution in [0.1, 0.15) is 13.8 Å². The van der Waals surface area contributed by atoms with E-state index in [0.29, 0.717) is 0 Å². The SMILES string of the molecule is C=CC(=O)[Si](C)(C)O[Si](C)(C)O[Si](C)(C)C.C=COC(=O)OC.CC. The molecule has 0 rings (SSSR count). The van der Waals surface area contributed by atoms with Crippen molar-refractivity contribution in [3.05, 3.63) is 25.5 Å². The zero-order valence-corrected chi connectivity index (χ0v) is 20.5. The fourth-order valence-corrected chi connectivity index (χ4v) is 14.0. The van der Waals surface area contributed by atoms with Crippen LogP contribution < -0.4 is 0 Å². The maximum Gasteiger partial charge on any atom is 0.512 e. The second kappa shape index (κ2) is 13.2. The van der Waals surface area contributed by atoms with Gasteiger partial charge in [0.1, 0.15) is 0 Å². The molecule has 0 aliphatic carbocycles. The molecule has 0 atom stereocenters. The van der Waals surface area contributed by atoms with Crippen molar-refractivity contribution in [1.29, 1.82) is 0 Å². The molecule has 6 nitrogen and oxygen atoms in total. The summed E-state index contributed by atoms with van der Waals surface area (Å²) in [6.07, 6.45) is 1.63. The minimum absolute atomic E-state index is 0.0345. The fraction of sp³-hybridized carbons (Fsp3) is 0.625. The van der Waals surface area contributed by atoms with Crippen LogP contribution in [0.4, 0.5) is 4.79 Å². The lowest BCUT2D eigenvalue weighted by molar-refractivity contribution is -0.109. The van der Waals surface area contributed by atoms with Gasteiger partial charge in [0.25, 0.3) is 8.32 Å². The quantitative estimate of drug-likeness (QED) is 0.256. The Morgan fingerprint density at radius 3 is 1.56 bits per heavy atom. The zero-order chi connectivity index (χ0) is 20.9. The molecule has 0 spiro atoms. The zero-order valence-electron chi connectivity index (χ0n) is 17.5. The monoisotopic (exact) mass is 408 g/mol. The highest BCUT2D eigenvalue weighted by Crippen LogP contribution is 2.20.